The summed E-state index contributed by atoms with van der Waals surface area (Å²) < 4.78 is 5.10. The van der Waals surface area contributed by atoms with Crippen LogP contribution in [0.4, 0.5) is 5.69 Å². The van der Waals surface area contributed by atoms with Gasteiger partial charge in [0.15, 0.2) is 0 Å². The molecule has 0 fully saturated rings. The van der Waals surface area contributed by atoms with Crippen molar-refractivity contribution in [2.24, 2.45) is 0 Å². The van der Waals surface area contributed by atoms with E-state index in [-0.39, 0.29) is 24.4 Å². The molecule has 1 aromatic carbocycles. The second-order valence-electron chi connectivity index (χ2n) is 7.02. The van der Waals surface area contributed by atoms with E-state index in [0.717, 1.165) is 25.0 Å². The Morgan fingerprint density at radius 1 is 1.22 bits per heavy atom. The maximum absolute atomic E-state index is 12.3. The summed E-state index contributed by atoms with van der Waals surface area (Å²) in [6.45, 7) is 2.61. The van der Waals surface area contributed by atoms with Crippen molar-refractivity contribution in [3.8, 4) is 5.75 Å². The van der Waals surface area contributed by atoms with Gasteiger partial charge in [0.05, 0.1) is 19.7 Å². The number of methoxy groups -OCH3 is 1. The minimum absolute atomic E-state index is 0.0499. The summed E-state index contributed by atoms with van der Waals surface area (Å²) in [5.74, 6) is 0.528. The van der Waals surface area contributed by atoms with Gasteiger partial charge >= 0.3 is 0 Å². The zero-order valence-corrected chi connectivity index (χ0v) is 16.6. The number of hydrogen-bond acceptors (Lipinski definition) is 4. The summed E-state index contributed by atoms with van der Waals surface area (Å²) in [4.78, 5) is 26.3. The molecule has 6 nitrogen and oxygen atoms in total. The summed E-state index contributed by atoms with van der Waals surface area (Å²) in [6, 6.07) is 6.78. The van der Waals surface area contributed by atoms with Crippen LogP contribution in [0.3, 0.4) is 0 Å². The van der Waals surface area contributed by atoms with Gasteiger partial charge in [0, 0.05) is 12.2 Å². The topological polar surface area (TPSA) is 70.7 Å². The maximum Gasteiger partial charge on any atom is 0.238 e. The number of likely N-dealkylation sites (N-methyl/N-ethyl adjacent to an activating group) is 1. The van der Waals surface area contributed by atoms with Crippen molar-refractivity contribution < 1.29 is 14.3 Å². The van der Waals surface area contributed by atoms with Crippen LogP contribution in [0, 0.1) is 0 Å². The summed E-state index contributed by atoms with van der Waals surface area (Å²) in [5.41, 5.74) is 2.15. The fourth-order valence-electron chi connectivity index (χ4n) is 3.06. The standard InChI is InChI=1S/C21H31N3O3/c1-16(21(26)22-14-13-17-7-5-4-6-8-17)24(2)15-20(25)23-18-9-11-19(27-3)12-10-18/h7,9-12,16H,4-6,8,13-15H2,1-3H3,(H,22,26)(H,23,25)/t16-/m0/s1. The molecule has 6 heteroatoms. The van der Waals surface area contributed by atoms with E-state index in [9.17, 15) is 9.59 Å². The molecule has 2 amide bonds. The van der Waals surface area contributed by atoms with Gasteiger partial charge < -0.3 is 15.4 Å². The smallest absolute Gasteiger partial charge is 0.238 e. The van der Waals surface area contributed by atoms with Crippen LogP contribution in [-0.2, 0) is 9.59 Å². The van der Waals surface area contributed by atoms with Gasteiger partial charge in [-0.2, -0.15) is 0 Å². The molecule has 0 unspecified atom stereocenters. The Balaban J connectivity index is 1.72. The van der Waals surface area contributed by atoms with Gasteiger partial charge in [0.2, 0.25) is 11.8 Å². The van der Waals surface area contributed by atoms with Gasteiger partial charge in [-0.3, -0.25) is 14.5 Å². The number of allylic oxidation sites excluding steroid dienone is 1. The number of benzene rings is 1. The van der Waals surface area contributed by atoms with E-state index in [4.69, 9.17) is 4.74 Å². The number of rotatable bonds is 9. The fraction of sp³-hybridized carbons (Fsp3) is 0.524. The van der Waals surface area contributed by atoms with E-state index >= 15 is 0 Å². The molecule has 0 aromatic heterocycles. The normalized spacial score (nSPS) is 15.0. The number of amides is 2. The molecule has 0 bridgehead atoms. The van der Waals surface area contributed by atoms with E-state index in [2.05, 4.69) is 16.7 Å². The van der Waals surface area contributed by atoms with E-state index in [1.54, 1.807) is 43.3 Å². The first-order chi connectivity index (χ1) is 13.0. The Bertz CT molecular complexity index is 655. The number of ether oxygens (including phenoxy) is 1. The van der Waals surface area contributed by atoms with Crippen LogP contribution >= 0.6 is 0 Å². The highest BCUT2D eigenvalue weighted by atomic mass is 16.5. The molecule has 148 valence electrons. The Labute approximate surface area is 162 Å². The third-order valence-corrected chi connectivity index (χ3v) is 4.94. The molecule has 1 aromatic rings. The van der Waals surface area contributed by atoms with Gasteiger partial charge in [-0.25, -0.2) is 0 Å². The summed E-state index contributed by atoms with van der Waals surface area (Å²) in [7, 11) is 3.38. The lowest BCUT2D eigenvalue weighted by Gasteiger charge is -2.23. The highest BCUT2D eigenvalue weighted by molar-refractivity contribution is 5.92. The second-order valence-corrected chi connectivity index (χ2v) is 7.02. The van der Waals surface area contributed by atoms with E-state index in [1.807, 2.05) is 6.92 Å². The maximum atomic E-state index is 12.3. The van der Waals surface area contributed by atoms with Crippen molar-refractivity contribution in [1.82, 2.24) is 10.2 Å². The molecule has 0 aliphatic heterocycles. The Morgan fingerprint density at radius 2 is 1.96 bits per heavy atom. The van der Waals surface area contributed by atoms with Crippen molar-refractivity contribution in [2.75, 3.05) is 32.6 Å². The Hall–Kier alpha value is -2.34. The molecule has 0 radical (unpaired) electrons. The van der Waals surface area contributed by atoms with Crippen molar-refractivity contribution >= 4 is 17.5 Å². The highest BCUT2D eigenvalue weighted by Crippen LogP contribution is 2.19. The predicted octanol–water partition coefficient (Wildman–Crippen LogP) is 2.96. The monoisotopic (exact) mass is 373 g/mol. The van der Waals surface area contributed by atoms with Crippen LogP contribution in [0.2, 0.25) is 0 Å². The van der Waals surface area contributed by atoms with Crippen molar-refractivity contribution in [3.05, 3.63) is 35.9 Å². The van der Waals surface area contributed by atoms with Gasteiger partial charge in [0.25, 0.3) is 0 Å². The van der Waals surface area contributed by atoms with Gasteiger partial charge in [0.1, 0.15) is 5.75 Å². The number of nitrogens with one attached hydrogen (secondary N) is 2. The molecule has 0 saturated heterocycles. The van der Waals surface area contributed by atoms with Crippen molar-refractivity contribution in [2.45, 2.75) is 45.1 Å². The average molecular weight is 373 g/mol. The van der Waals surface area contributed by atoms with Gasteiger partial charge in [-0.05, 0) is 70.3 Å². The van der Waals surface area contributed by atoms with Gasteiger partial charge in [-0.1, -0.05) is 11.6 Å². The predicted molar refractivity (Wildman–Crippen MR) is 108 cm³/mol. The quantitative estimate of drug-likeness (QED) is 0.653. The zero-order valence-electron chi connectivity index (χ0n) is 16.6. The first-order valence-corrected chi connectivity index (χ1v) is 9.59. The summed E-state index contributed by atoms with van der Waals surface area (Å²) in [5, 5.41) is 5.81. The van der Waals surface area contributed by atoms with E-state index in [1.165, 1.54) is 18.4 Å². The number of carbonyl (C=O) groups is 2. The zero-order chi connectivity index (χ0) is 19.6. The third-order valence-electron chi connectivity index (χ3n) is 4.94. The second kappa shape index (κ2) is 10.7. The molecule has 1 atom stereocenters. The highest BCUT2D eigenvalue weighted by Gasteiger charge is 2.20. The minimum atomic E-state index is -0.369. The molecule has 1 aliphatic rings. The van der Waals surface area contributed by atoms with E-state index < -0.39 is 0 Å². The molecule has 27 heavy (non-hydrogen) atoms. The molecule has 1 aliphatic carbocycles. The van der Waals surface area contributed by atoms with Crippen LogP contribution in [0.1, 0.15) is 39.0 Å². The Kier molecular flexibility index (Phi) is 8.33. The van der Waals surface area contributed by atoms with Crippen LogP contribution < -0.4 is 15.4 Å². The lowest BCUT2D eigenvalue weighted by Crippen LogP contribution is -2.46. The lowest BCUT2D eigenvalue weighted by atomic mass is 9.97. The van der Waals surface area contributed by atoms with Crippen molar-refractivity contribution in [1.29, 1.82) is 0 Å². The first kappa shape index (κ1) is 21.0. The molecule has 2 rings (SSSR count). The average Bonchev–Trinajstić information content (AvgIpc) is 2.68. The molecular weight excluding hydrogens is 342 g/mol. The minimum Gasteiger partial charge on any atom is -0.497 e. The summed E-state index contributed by atoms with van der Waals surface area (Å²) in [6.07, 6.45) is 8.05. The van der Waals surface area contributed by atoms with Gasteiger partial charge in [-0.15, -0.1) is 0 Å². The first-order valence-electron chi connectivity index (χ1n) is 9.59. The third kappa shape index (κ3) is 7.06. The number of hydrogen-bond donors (Lipinski definition) is 2. The molecule has 0 spiro atoms. The lowest BCUT2D eigenvalue weighted by molar-refractivity contribution is -0.126. The number of anilines is 1. The molecule has 0 heterocycles. The van der Waals surface area contributed by atoms with Crippen LogP contribution in [0.5, 0.6) is 5.75 Å². The van der Waals surface area contributed by atoms with Crippen LogP contribution in [-0.4, -0.2) is 50.0 Å². The molecule has 2 N–H and O–H groups in total. The largest absolute Gasteiger partial charge is 0.497 e. The number of nitrogens with zero attached hydrogens (tertiary/aromatic N) is 1. The molecule has 0 saturated carbocycles. The Morgan fingerprint density at radius 3 is 2.59 bits per heavy atom. The summed E-state index contributed by atoms with van der Waals surface area (Å²) >= 11 is 0. The fourth-order valence-corrected chi connectivity index (χ4v) is 3.06. The van der Waals surface area contributed by atoms with Crippen molar-refractivity contribution in [3.63, 3.8) is 0 Å². The SMILES string of the molecule is COc1ccc(NC(=O)CN(C)[C@@H](C)C(=O)NCCC2=CCCCC2)cc1. The molecular formula is C21H31N3O3. The number of carbonyl (C=O) groups excluding carboxylic acids is 2. The van der Waals surface area contributed by atoms with Crippen LogP contribution in [0.25, 0.3) is 0 Å². The van der Waals surface area contributed by atoms with E-state index in [0.29, 0.717) is 12.2 Å². The van der Waals surface area contributed by atoms with Crippen LogP contribution in [0.15, 0.2) is 35.9 Å².